The lowest BCUT2D eigenvalue weighted by Crippen LogP contribution is -2.30. The van der Waals surface area contributed by atoms with E-state index in [1.165, 1.54) is 11.8 Å². The molecule has 11 heavy (non-hydrogen) atoms. The van der Waals surface area contributed by atoms with Crippen LogP contribution in [-0.2, 0) is 4.79 Å². The standard InChI is InChI=1S/C7H15NO2S/c1-3-8-7(10)6(2)11-5-4-9/h6,9H,3-5H2,1-2H3,(H,8,10). The molecule has 0 fully saturated rings. The number of carbonyl (C=O) groups excluding carboxylic acids is 1. The third kappa shape index (κ3) is 5.09. The molecule has 0 spiro atoms. The molecule has 66 valence electrons. The molecule has 0 aliphatic heterocycles. The van der Waals surface area contributed by atoms with Gasteiger partial charge in [-0.05, 0) is 13.8 Å². The van der Waals surface area contributed by atoms with Crippen LogP contribution in [0.2, 0.25) is 0 Å². The van der Waals surface area contributed by atoms with Crippen LogP contribution in [0.5, 0.6) is 0 Å². The monoisotopic (exact) mass is 177 g/mol. The van der Waals surface area contributed by atoms with E-state index in [9.17, 15) is 4.79 Å². The van der Waals surface area contributed by atoms with Crippen LogP contribution in [0, 0.1) is 0 Å². The van der Waals surface area contributed by atoms with E-state index < -0.39 is 0 Å². The fourth-order valence-electron chi connectivity index (χ4n) is 0.623. The largest absolute Gasteiger partial charge is 0.396 e. The zero-order valence-electron chi connectivity index (χ0n) is 6.96. The number of rotatable bonds is 5. The van der Waals surface area contributed by atoms with Crippen molar-refractivity contribution >= 4 is 17.7 Å². The lowest BCUT2D eigenvalue weighted by molar-refractivity contribution is -0.120. The van der Waals surface area contributed by atoms with Crippen molar-refractivity contribution in [1.82, 2.24) is 5.32 Å². The third-order valence-corrected chi connectivity index (χ3v) is 2.31. The summed E-state index contributed by atoms with van der Waals surface area (Å²) >= 11 is 1.46. The molecule has 4 heteroatoms. The maximum atomic E-state index is 11.0. The smallest absolute Gasteiger partial charge is 0.232 e. The van der Waals surface area contributed by atoms with E-state index in [0.29, 0.717) is 12.3 Å². The van der Waals surface area contributed by atoms with Gasteiger partial charge in [-0.2, -0.15) is 0 Å². The van der Waals surface area contributed by atoms with Crippen molar-refractivity contribution in [2.24, 2.45) is 0 Å². The van der Waals surface area contributed by atoms with Gasteiger partial charge in [0.15, 0.2) is 0 Å². The Hall–Kier alpha value is -0.220. The van der Waals surface area contributed by atoms with Crippen molar-refractivity contribution in [3.8, 4) is 0 Å². The Morgan fingerprint density at radius 2 is 2.36 bits per heavy atom. The lowest BCUT2D eigenvalue weighted by atomic mass is 10.4. The van der Waals surface area contributed by atoms with Gasteiger partial charge in [-0.1, -0.05) is 0 Å². The maximum absolute atomic E-state index is 11.0. The minimum Gasteiger partial charge on any atom is -0.396 e. The summed E-state index contributed by atoms with van der Waals surface area (Å²) in [6.07, 6.45) is 0. The Morgan fingerprint density at radius 3 is 2.82 bits per heavy atom. The van der Waals surface area contributed by atoms with Crippen LogP contribution in [0.1, 0.15) is 13.8 Å². The zero-order chi connectivity index (χ0) is 8.69. The van der Waals surface area contributed by atoms with Crippen LogP contribution in [0.3, 0.4) is 0 Å². The molecule has 0 aromatic carbocycles. The minimum absolute atomic E-state index is 0.0472. The van der Waals surface area contributed by atoms with Crippen LogP contribution in [0.25, 0.3) is 0 Å². The minimum atomic E-state index is -0.0536. The topological polar surface area (TPSA) is 49.3 Å². The number of nitrogens with one attached hydrogen (secondary N) is 1. The van der Waals surface area contributed by atoms with Crippen LogP contribution in [0.15, 0.2) is 0 Å². The first kappa shape index (κ1) is 10.8. The van der Waals surface area contributed by atoms with Crippen LogP contribution < -0.4 is 5.32 Å². The van der Waals surface area contributed by atoms with Gasteiger partial charge in [0.2, 0.25) is 5.91 Å². The second kappa shape index (κ2) is 6.49. The van der Waals surface area contributed by atoms with E-state index in [1.54, 1.807) is 0 Å². The molecule has 0 heterocycles. The number of thioether (sulfide) groups is 1. The van der Waals surface area contributed by atoms with Gasteiger partial charge in [-0.25, -0.2) is 0 Å². The number of hydrogen-bond acceptors (Lipinski definition) is 3. The second-order valence-corrected chi connectivity index (χ2v) is 3.58. The van der Waals surface area contributed by atoms with Crippen molar-refractivity contribution in [1.29, 1.82) is 0 Å². The molecule has 0 aromatic rings. The predicted octanol–water partition coefficient (Wildman–Crippen LogP) is 0.237. The third-order valence-electron chi connectivity index (χ3n) is 1.18. The molecule has 0 saturated carbocycles. The molecule has 3 nitrogen and oxygen atoms in total. The highest BCUT2D eigenvalue weighted by atomic mass is 32.2. The Balaban J connectivity index is 3.46. The van der Waals surface area contributed by atoms with Gasteiger partial charge in [0.25, 0.3) is 0 Å². The maximum Gasteiger partial charge on any atom is 0.232 e. The number of hydrogen-bond donors (Lipinski definition) is 2. The second-order valence-electron chi connectivity index (χ2n) is 2.13. The summed E-state index contributed by atoms with van der Waals surface area (Å²) in [6.45, 7) is 4.53. The van der Waals surface area contributed by atoms with Crippen molar-refractivity contribution in [2.75, 3.05) is 18.9 Å². The number of amides is 1. The van der Waals surface area contributed by atoms with Crippen LogP contribution >= 0.6 is 11.8 Å². The molecule has 1 atom stereocenters. The molecule has 0 aromatic heterocycles. The molecule has 0 saturated heterocycles. The molecule has 0 aliphatic rings. The highest BCUT2D eigenvalue weighted by Crippen LogP contribution is 2.08. The van der Waals surface area contributed by atoms with Gasteiger partial charge in [0, 0.05) is 12.3 Å². The molecular formula is C7H15NO2S. The molecule has 1 unspecified atom stereocenters. The molecule has 0 bridgehead atoms. The van der Waals surface area contributed by atoms with Crippen LogP contribution in [0.4, 0.5) is 0 Å². The summed E-state index contributed by atoms with van der Waals surface area (Å²) in [5.74, 6) is 0.670. The Morgan fingerprint density at radius 1 is 1.73 bits per heavy atom. The van der Waals surface area contributed by atoms with E-state index in [-0.39, 0.29) is 17.8 Å². The predicted molar refractivity (Wildman–Crippen MR) is 47.7 cm³/mol. The first-order valence-electron chi connectivity index (χ1n) is 3.72. The molecular weight excluding hydrogens is 162 g/mol. The molecule has 0 radical (unpaired) electrons. The number of aliphatic hydroxyl groups is 1. The SMILES string of the molecule is CCNC(=O)C(C)SCCO. The van der Waals surface area contributed by atoms with E-state index in [4.69, 9.17) is 5.11 Å². The van der Waals surface area contributed by atoms with Gasteiger partial charge in [0.1, 0.15) is 0 Å². The van der Waals surface area contributed by atoms with Crippen molar-refractivity contribution in [2.45, 2.75) is 19.1 Å². The average molecular weight is 177 g/mol. The molecule has 2 N–H and O–H groups in total. The highest BCUT2D eigenvalue weighted by molar-refractivity contribution is 8.00. The normalized spacial score (nSPS) is 12.6. The summed E-state index contributed by atoms with van der Waals surface area (Å²) in [4.78, 5) is 11.0. The van der Waals surface area contributed by atoms with Crippen molar-refractivity contribution in [3.63, 3.8) is 0 Å². The van der Waals surface area contributed by atoms with E-state index in [2.05, 4.69) is 5.32 Å². The Bertz CT molecular complexity index is 119. The summed E-state index contributed by atoms with van der Waals surface area (Å²) < 4.78 is 0. The van der Waals surface area contributed by atoms with E-state index in [1.807, 2.05) is 13.8 Å². The molecule has 0 rings (SSSR count). The summed E-state index contributed by atoms with van der Waals surface area (Å²) in [6, 6.07) is 0. The van der Waals surface area contributed by atoms with E-state index >= 15 is 0 Å². The lowest BCUT2D eigenvalue weighted by Gasteiger charge is -2.08. The van der Waals surface area contributed by atoms with E-state index in [0.717, 1.165) is 0 Å². The Kier molecular flexibility index (Phi) is 6.36. The average Bonchev–Trinajstić information content (AvgIpc) is 2.00. The number of aliphatic hydroxyl groups excluding tert-OH is 1. The number of carbonyl (C=O) groups is 1. The van der Waals surface area contributed by atoms with Crippen molar-refractivity contribution < 1.29 is 9.90 Å². The van der Waals surface area contributed by atoms with Gasteiger partial charge in [-0.15, -0.1) is 11.8 Å². The first-order chi connectivity index (χ1) is 5.22. The fourth-order valence-corrected chi connectivity index (χ4v) is 1.32. The van der Waals surface area contributed by atoms with Crippen molar-refractivity contribution in [3.05, 3.63) is 0 Å². The summed E-state index contributed by atoms with van der Waals surface area (Å²) in [7, 11) is 0. The summed E-state index contributed by atoms with van der Waals surface area (Å²) in [5, 5.41) is 11.1. The van der Waals surface area contributed by atoms with Crippen LogP contribution in [-0.4, -0.2) is 35.2 Å². The highest BCUT2D eigenvalue weighted by Gasteiger charge is 2.10. The van der Waals surface area contributed by atoms with Gasteiger partial charge in [-0.3, -0.25) is 4.79 Å². The molecule has 0 aliphatic carbocycles. The zero-order valence-corrected chi connectivity index (χ0v) is 7.78. The fraction of sp³-hybridized carbons (Fsp3) is 0.857. The Labute approximate surface area is 71.6 Å². The van der Waals surface area contributed by atoms with Gasteiger partial charge in [0.05, 0.1) is 11.9 Å². The molecule has 1 amide bonds. The van der Waals surface area contributed by atoms with Gasteiger partial charge < -0.3 is 10.4 Å². The van der Waals surface area contributed by atoms with Gasteiger partial charge >= 0.3 is 0 Å². The first-order valence-corrected chi connectivity index (χ1v) is 4.77. The quantitative estimate of drug-likeness (QED) is 0.632. The summed E-state index contributed by atoms with van der Waals surface area (Å²) in [5.41, 5.74) is 0.